The first kappa shape index (κ1) is 18.0. The molecule has 1 aromatic rings. The highest BCUT2D eigenvalue weighted by Gasteiger charge is 2.39. The quantitative estimate of drug-likeness (QED) is 0.885. The highest BCUT2D eigenvalue weighted by atomic mass is 35.5. The number of β-amino-alcohol motifs (C(OH)–C–C–N with tert-alkyl or cyclic N) is 1. The van der Waals surface area contributed by atoms with Gasteiger partial charge in [0.05, 0.1) is 22.6 Å². The van der Waals surface area contributed by atoms with E-state index in [1.807, 2.05) is 18.0 Å². The average Bonchev–Trinajstić information content (AvgIpc) is 2.54. The zero-order chi connectivity index (χ0) is 17.3. The van der Waals surface area contributed by atoms with E-state index < -0.39 is 0 Å². The lowest BCUT2D eigenvalue weighted by molar-refractivity contribution is -0.135. The number of likely N-dealkylation sites (tertiary alicyclic amines) is 1. The highest BCUT2D eigenvalue weighted by Crippen LogP contribution is 2.30. The number of nitrogens with zero attached hydrogens (tertiary/aromatic N) is 2. The van der Waals surface area contributed by atoms with E-state index in [0.717, 1.165) is 37.9 Å². The molecular formula is C18H24Cl2N2O2. The number of carbonyl (C=O) groups is 1. The van der Waals surface area contributed by atoms with Crippen molar-refractivity contribution >= 4 is 29.1 Å². The van der Waals surface area contributed by atoms with Crippen molar-refractivity contribution < 1.29 is 9.90 Å². The van der Waals surface area contributed by atoms with Gasteiger partial charge in [-0.15, -0.1) is 0 Å². The SMILES string of the molecule is CN(C(=O)Cc1ccc(Cl)c(Cl)c1)C1CCCCC1N1CC(O)C1. The number of likely N-dealkylation sites (N-methyl/N-ethyl adjacent to an activating group) is 1. The minimum atomic E-state index is -0.204. The number of rotatable bonds is 4. The number of halogens is 2. The van der Waals surface area contributed by atoms with Gasteiger partial charge in [-0.1, -0.05) is 42.1 Å². The van der Waals surface area contributed by atoms with Crippen molar-refractivity contribution in [3.8, 4) is 0 Å². The molecule has 1 saturated heterocycles. The second kappa shape index (κ2) is 7.61. The lowest BCUT2D eigenvalue weighted by atomic mass is 9.86. The summed E-state index contributed by atoms with van der Waals surface area (Å²) in [5.41, 5.74) is 0.882. The molecule has 1 heterocycles. The molecule has 2 aliphatic rings. The third-order valence-corrected chi connectivity index (χ3v) is 6.02. The van der Waals surface area contributed by atoms with Crippen LogP contribution in [0, 0.1) is 0 Å². The zero-order valence-electron chi connectivity index (χ0n) is 13.9. The van der Waals surface area contributed by atoms with Gasteiger partial charge in [-0.3, -0.25) is 9.69 Å². The summed E-state index contributed by atoms with van der Waals surface area (Å²) in [6.45, 7) is 1.46. The van der Waals surface area contributed by atoms with E-state index in [4.69, 9.17) is 23.2 Å². The van der Waals surface area contributed by atoms with Crippen LogP contribution < -0.4 is 0 Å². The summed E-state index contributed by atoms with van der Waals surface area (Å²) >= 11 is 12.0. The normalized spacial score (nSPS) is 25.3. The Morgan fingerprint density at radius 1 is 1.25 bits per heavy atom. The predicted molar refractivity (Wildman–Crippen MR) is 96.6 cm³/mol. The van der Waals surface area contributed by atoms with Crippen LogP contribution in [-0.2, 0) is 11.2 Å². The Balaban J connectivity index is 1.65. The van der Waals surface area contributed by atoms with Crippen LogP contribution in [0.1, 0.15) is 31.2 Å². The third-order valence-electron chi connectivity index (χ3n) is 5.28. The standard InChI is InChI=1S/C18H24Cl2N2O2/c1-21(18(24)9-12-6-7-14(19)15(20)8-12)16-4-2-3-5-17(16)22-10-13(23)11-22/h6-8,13,16-17,23H,2-5,9-11H2,1H3. The molecule has 1 saturated carbocycles. The van der Waals surface area contributed by atoms with Crippen LogP contribution in [-0.4, -0.2) is 59.1 Å². The first-order valence-electron chi connectivity index (χ1n) is 8.57. The highest BCUT2D eigenvalue weighted by molar-refractivity contribution is 6.42. The minimum absolute atomic E-state index is 0.103. The second-order valence-corrected chi connectivity index (χ2v) is 7.77. The van der Waals surface area contributed by atoms with E-state index in [9.17, 15) is 9.90 Å². The van der Waals surface area contributed by atoms with Crippen LogP contribution in [0.2, 0.25) is 10.0 Å². The van der Waals surface area contributed by atoms with Gasteiger partial charge in [0.2, 0.25) is 5.91 Å². The lowest BCUT2D eigenvalue weighted by Gasteiger charge is -2.49. The summed E-state index contributed by atoms with van der Waals surface area (Å²) in [6, 6.07) is 5.94. The Morgan fingerprint density at radius 2 is 1.96 bits per heavy atom. The van der Waals surface area contributed by atoms with Crippen molar-refractivity contribution in [2.45, 2.75) is 50.3 Å². The van der Waals surface area contributed by atoms with E-state index >= 15 is 0 Å². The van der Waals surface area contributed by atoms with E-state index in [1.54, 1.807) is 12.1 Å². The molecule has 2 fully saturated rings. The van der Waals surface area contributed by atoms with Crippen LogP contribution in [0.4, 0.5) is 0 Å². The maximum Gasteiger partial charge on any atom is 0.227 e. The maximum atomic E-state index is 12.7. The molecule has 0 radical (unpaired) electrons. The number of benzene rings is 1. The van der Waals surface area contributed by atoms with Crippen LogP contribution in [0.15, 0.2) is 18.2 Å². The van der Waals surface area contributed by atoms with Crippen molar-refractivity contribution in [1.82, 2.24) is 9.80 Å². The van der Waals surface area contributed by atoms with Gasteiger partial charge >= 0.3 is 0 Å². The maximum absolute atomic E-state index is 12.7. The summed E-state index contributed by atoms with van der Waals surface area (Å²) in [6.07, 6.45) is 4.61. The van der Waals surface area contributed by atoms with E-state index in [1.165, 1.54) is 6.42 Å². The summed E-state index contributed by atoms with van der Waals surface area (Å²) in [5.74, 6) is 0.103. The summed E-state index contributed by atoms with van der Waals surface area (Å²) in [7, 11) is 1.90. The molecule has 1 aromatic carbocycles. The second-order valence-electron chi connectivity index (χ2n) is 6.96. The van der Waals surface area contributed by atoms with Crippen LogP contribution in [0.5, 0.6) is 0 Å². The van der Waals surface area contributed by atoms with Gasteiger partial charge in [0.1, 0.15) is 0 Å². The van der Waals surface area contributed by atoms with Crippen molar-refractivity contribution in [3.05, 3.63) is 33.8 Å². The Bertz CT molecular complexity index is 605. The monoisotopic (exact) mass is 370 g/mol. The lowest BCUT2D eigenvalue weighted by Crippen LogP contribution is -2.62. The molecule has 6 heteroatoms. The fourth-order valence-corrected chi connectivity index (χ4v) is 4.18. The first-order valence-corrected chi connectivity index (χ1v) is 9.33. The molecule has 1 aliphatic carbocycles. The summed E-state index contributed by atoms with van der Waals surface area (Å²) in [4.78, 5) is 16.9. The van der Waals surface area contributed by atoms with Gasteiger partial charge in [0.25, 0.3) is 0 Å². The molecular weight excluding hydrogens is 347 g/mol. The van der Waals surface area contributed by atoms with Gasteiger partial charge in [0, 0.05) is 32.2 Å². The molecule has 1 N–H and O–H groups in total. The van der Waals surface area contributed by atoms with E-state index in [2.05, 4.69) is 4.90 Å². The number of hydrogen-bond acceptors (Lipinski definition) is 3. The number of aliphatic hydroxyl groups is 1. The van der Waals surface area contributed by atoms with Gasteiger partial charge in [0.15, 0.2) is 0 Å². The number of hydrogen-bond donors (Lipinski definition) is 1. The van der Waals surface area contributed by atoms with Crippen molar-refractivity contribution in [2.24, 2.45) is 0 Å². The van der Waals surface area contributed by atoms with Crippen molar-refractivity contribution in [1.29, 1.82) is 0 Å². The topological polar surface area (TPSA) is 43.8 Å². The molecule has 1 amide bonds. The van der Waals surface area contributed by atoms with E-state index in [0.29, 0.717) is 22.5 Å². The molecule has 1 aliphatic heterocycles. The zero-order valence-corrected chi connectivity index (χ0v) is 15.4. The summed E-state index contributed by atoms with van der Waals surface area (Å²) in [5, 5.41) is 10.6. The third kappa shape index (κ3) is 3.88. The van der Waals surface area contributed by atoms with Gasteiger partial charge in [-0.25, -0.2) is 0 Å². The first-order chi connectivity index (χ1) is 11.5. The molecule has 24 heavy (non-hydrogen) atoms. The molecule has 0 bridgehead atoms. The molecule has 0 spiro atoms. The number of aliphatic hydroxyl groups excluding tert-OH is 1. The van der Waals surface area contributed by atoms with Crippen molar-refractivity contribution in [3.63, 3.8) is 0 Å². The van der Waals surface area contributed by atoms with Gasteiger partial charge in [-0.05, 0) is 30.5 Å². The smallest absolute Gasteiger partial charge is 0.227 e. The molecule has 0 aromatic heterocycles. The minimum Gasteiger partial charge on any atom is -0.390 e. The molecule has 2 atom stereocenters. The number of amides is 1. The molecule has 2 unspecified atom stereocenters. The fourth-order valence-electron chi connectivity index (χ4n) is 3.86. The Morgan fingerprint density at radius 3 is 2.62 bits per heavy atom. The predicted octanol–water partition coefficient (Wildman–Crippen LogP) is 2.98. The molecule has 3 rings (SSSR count). The fraction of sp³-hybridized carbons (Fsp3) is 0.611. The van der Waals surface area contributed by atoms with Crippen LogP contribution in [0.25, 0.3) is 0 Å². The van der Waals surface area contributed by atoms with Crippen LogP contribution in [0.3, 0.4) is 0 Å². The molecule has 132 valence electrons. The largest absolute Gasteiger partial charge is 0.390 e. The van der Waals surface area contributed by atoms with E-state index in [-0.39, 0.29) is 18.1 Å². The molecule has 4 nitrogen and oxygen atoms in total. The average molecular weight is 371 g/mol. The Kier molecular flexibility index (Phi) is 5.70. The van der Waals surface area contributed by atoms with Crippen molar-refractivity contribution in [2.75, 3.05) is 20.1 Å². The van der Waals surface area contributed by atoms with Gasteiger partial charge in [-0.2, -0.15) is 0 Å². The Labute approximate surface area is 153 Å². The van der Waals surface area contributed by atoms with Crippen LogP contribution >= 0.6 is 23.2 Å². The van der Waals surface area contributed by atoms with Gasteiger partial charge < -0.3 is 10.0 Å². The summed E-state index contributed by atoms with van der Waals surface area (Å²) < 4.78 is 0. The Hall–Kier alpha value is -0.810. The number of carbonyl (C=O) groups excluding carboxylic acids is 1.